The van der Waals surface area contributed by atoms with Crippen LogP contribution < -0.4 is 5.32 Å². The van der Waals surface area contributed by atoms with E-state index in [-0.39, 0.29) is 12.2 Å². The average molecular weight is 295 g/mol. The van der Waals surface area contributed by atoms with Gasteiger partial charge in [0.25, 0.3) is 5.69 Å². The molecule has 0 aliphatic carbocycles. The molecule has 21 heavy (non-hydrogen) atoms. The second kappa shape index (κ2) is 6.62. The van der Waals surface area contributed by atoms with Crippen molar-refractivity contribution in [2.75, 3.05) is 0 Å². The van der Waals surface area contributed by atoms with E-state index in [9.17, 15) is 20.0 Å². The Hall–Kier alpha value is -2.02. The van der Waals surface area contributed by atoms with Crippen LogP contribution in [0.2, 0.25) is 0 Å². The number of hydrogen-bond donors (Lipinski definition) is 2. The second-order valence-corrected chi connectivity index (χ2v) is 5.36. The molecule has 1 unspecified atom stereocenters. The molecule has 0 saturated carbocycles. The minimum Gasteiger partial charge on any atom is -0.480 e. The number of nitro groups is 1. The highest BCUT2D eigenvalue weighted by atomic mass is 16.6. The fourth-order valence-corrected chi connectivity index (χ4v) is 2.27. The predicted molar refractivity (Wildman–Crippen MR) is 78.2 cm³/mol. The molecule has 0 spiro atoms. The van der Waals surface area contributed by atoms with Crippen molar-refractivity contribution in [2.24, 2.45) is 0 Å². The molecule has 7 heteroatoms. The Morgan fingerprint density at radius 1 is 1.52 bits per heavy atom. The van der Waals surface area contributed by atoms with Crippen LogP contribution in [0.5, 0.6) is 0 Å². The number of nitrogens with zero attached hydrogens (tertiary/aromatic N) is 2. The number of nitrogens with one attached hydrogen (secondary N) is 1. The Morgan fingerprint density at radius 2 is 2.14 bits per heavy atom. The van der Waals surface area contributed by atoms with Gasteiger partial charge in [-0.2, -0.15) is 0 Å². The molecule has 7 nitrogen and oxygen atoms in total. The summed E-state index contributed by atoms with van der Waals surface area (Å²) in [6, 6.07) is 0. The van der Waals surface area contributed by atoms with Gasteiger partial charge in [0.15, 0.2) is 0 Å². The molecular formula is C14H21N3O4. The molecule has 1 atom stereocenters. The molecule has 2 N–H and O–H groups in total. The van der Waals surface area contributed by atoms with Gasteiger partial charge in [-0.05, 0) is 27.2 Å². The topological polar surface area (TPSA) is 105 Å². The van der Waals surface area contributed by atoms with Gasteiger partial charge in [0, 0.05) is 23.9 Å². The first-order chi connectivity index (χ1) is 9.73. The second-order valence-electron chi connectivity index (χ2n) is 5.36. The summed E-state index contributed by atoms with van der Waals surface area (Å²) in [5, 5.41) is 23.3. The van der Waals surface area contributed by atoms with Crippen molar-refractivity contribution in [3.05, 3.63) is 33.1 Å². The Balaban J connectivity index is 3.02. The van der Waals surface area contributed by atoms with Crippen molar-refractivity contribution in [1.82, 2.24) is 10.3 Å². The van der Waals surface area contributed by atoms with Crippen molar-refractivity contribution in [1.29, 1.82) is 0 Å². The number of hydrogen-bond acceptors (Lipinski definition) is 5. The van der Waals surface area contributed by atoms with E-state index >= 15 is 0 Å². The first-order valence-electron chi connectivity index (χ1n) is 6.80. The smallest absolute Gasteiger partial charge is 0.323 e. The van der Waals surface area contributed by atoms with E-state index in [0.29, 0.717) is 23.2 Å². The quantitative estimate of drug-likeness (QED) is 0.591. The van der Waals surface area contributed by atoms with Gasteiger partial charge in [0.05, 0.1) is 10.6 Å². The first-order valence-corrected chi connectivity index (χ1v) is 6.80. The molecule has 116 valence electrons. The van der Waals surface area contributed by atoms with Gasteiger partial charge in [0.2, 0.25) is 0 Å². The van der Waals surface area contributed by atoms with Crippen LogP contribution in [0.1, 0.15) is 43.5 Å². The normalized spacial score (nSPS) is 13.7. The van der Waals surface area contributed by atoms with Crippen molar-refractivity contribution in [3.63, 3.8) is 0 Å². The number of carboxylic acid groups (broad SMARTS) is 1. The highest BCUT2D eigenvalue weighted by Gasteiger charge is 2.32. The maximum absolute atomic E-state index is 11.4. The number of carboxylic acids is 1. The van der Waals surface area contributed by atoms with Gasteiger partial charge in [-0.1, -0.05) is 13.3 Å². The largest absolute Gasteiger partial charge is 0.480 e. The molecule has 0 saturated heterocycles. The highest BCUT2D eigenvalue weighted by Crippen LogP contribution is 2.24. The van der Waals surface area contributed by atoms with E-state index in [0.717, 1.165) is 6.42 Å². The molecule has 1 rings (SSSR count). The van der Waals surface area contributed by atoms with Crippen LogP contribution in [0.4, 0.5) is 5.69 Å². The Morgan fingerprint density at radius 3 is 2.62 bits per heavy atom. The molecule has 0 amide bonds. The fourth-order valence-electron chi connectivity index (χ4n) is 2.27. The van der Waals surface area contributed by atoms with Crippen LogP contribution in [0.15, 0.2) is 6.20 Å². The zero-order valence-electron chi connectivity index (χ0n) is 12.8. The molecule has 0 fully saturated rings. The third kappa shape index (κ3) is 3.75. The maximum Gasteiger partial charge on any atom is 0.323 e. The van der Waals surface area contributed by atoms with Gasteiger partial charge >= 0.3 is 5.97 Å². The lowest BCUT2D eigenvalue weighted by Gasteiger charge is -2.26. The lowest BCUT2D eigenvalue weighted by atomic mass is 9.96. The summed E-state index contributed by atoms with van der Waals surface area (Å²) in [5.74, 6) is -0.941. The Labute approximate surface area is 123 Å². The molecule has 0 aromatic carbocycles. The summed E-state index contributed by atoms with van der Waals surface area (Å²) in [5.41, 5.74) is 0.431. The van der Waals surface area contributed by atoms with Crippen molar-refractivity contribution in [2.45, 2.75) is 52.6 Å². The van der Waals surface area contributed by atoms with Crippen LogP contribution in [-0.4, -0.2) is 26.5 Å². The summed E-state index contributed by atoms with van der Waals surface area (Å²) < 4.78 is 0. The standard InChI is InChI=1S/C14H21N3O4/c1-5-6-14(4,13(18)19)16-8-11-10(3)12(17(20)21)9(2)7-15-11/h7,16H,5-6,8H2,1-4H3,(H,18,19). The number of pyridine rings is 1. The first kappa shape index (κ1) is 17.0. The van der Waals surface area contributed by atoms with E-state index in [1.54, 1.807) is 20.8 Å². The fraction of sp³-hybridized carbons (Fsp3) is 0.571. The lowest BCUT2D eigenvalue weighted by molar-refractivity contribution is -0.386. The third-order valence-electron chi connectivity index (χ3n) is 3.63. The van der Waals surface area contributed by atoms with E-state index in [4.69, 9.17) is 0 Å². The van der Waals surface area contributed by atoms with E-state index in [1.165, 1.54) is 6.20 Å². The molecule has 0 bridgehead atoms. The van der Waals surface area contributed by atoms with E-state index < -0.39 is 16.4 Å². The maximum atomic E-state index is 11.4. The summed E-state index contributed by atoms with van der Waals surface area (Å²) in [6.07, 6.45) is 2.63. The number of aromatic nitrogens is 1. The molecule has 0 aliphatic heterocycles. The Kier molecular flexibility index (Phi) is 5.37. The highest BCUT2D eigenvalue weighted by molar-refractivity contribution is 5.78. The molecule has 1 aromatic heterocycles. The van der Waals surface area contributed by atoms with Crippen LogP contribution in [0.25, 0.3) is 0 Å². The molecular weight excluding hydrogens is 274 g/mol. The van der Waals surface area contributed by atoms with Crippen molar-refractivity contribution < 1.29 is 14.8 Å². The third-order valence-corrected chi connectivity index (χ3v) is 3.63. The van der Waals surface area contributed by atoms with E-state index in [1.807, 2.05) is 6.92 Å². The molecule has 1 heterocycles. The lowest BCUT2D eigenvalue weighted by Crippen LogP contribution is -2.49. The average Bonchev–Trinajstić information content (AvgIpc) is 2.37. The van der Waals surface area contributed by atoms with Gasteiger partial charge in [-0.15, -0.1) is 0 Å². The molecule has 1 aromatic rings. The van der Waals surface area contributed by atoms with Crippen molar-refractivity contribution in [3.8, 4) is 0 Å². The van der Waals surface area contributed by atoms with Gasteiger partial charge in [-0.25, -0.2) is 0 Å². The predicted octanol–water partition coefficient (Wildman–Crippen LogP) is 2.34. The SMILES string of the molecule is CCCC(C)(NCc1ncc(C)c([N+](=O)[O-])c1C)C(=O)O. The Bertz CT molecular complexity index is 559. The molecule has 0 radical (unpaired) electrons. The van der Waals surface area contributed by atoms with Crippen LogP contribution in [-0.2, 0) is 11.3 Å². The van der Waals surface area contributed by atoms with Crippen LogP contribution in [0, 0.1) is 24.0 Å². The van der Waals surface area contributed by atoms with Gasteiger partial charge in [-0.3, -0.25) is 25.2 Å². The number of rotatable bonds is 7. The number of carbonyl (C=O) groups is 1. The summed E-state index contributed by atoms with van der Waals surface area (Å²) >= 11 is 0. The van der Waals surface area contributed by atoms with E-state index in [2.05, 4.69) is 10.3 Å². The number of aryl methyl sites for hydroxylation is 1. The minimum absolute atomic E-state index is 0.0364. The van der Waals surface area contributed by atoms with Crippen molar-refractivity contribution >= 4 is 11.7 Å². The van der Waals surface area contributed by atoms with Crippen LogP contribution in [0.3, 0.4) is 0 Å². The van der Waals surface area contributed by atoms with Crippen LogP contribution >= 0.6 is 0 Å². The minimum atomic E-state index is -1.07. The monoisotopic (exact) mass is 295 g/mol. The summed E-state index contributed by atoms with van der Waals surface area (Å²) in [6.45, 7) is 6.95. The summed E-state index contributed by atoms with van der Waals surface area (Å²) in [4.78, 5) is 26.2. The zero-order valence-corrected chi connectivity index (χ0v) is 12.8. The summed E-state index contributed by atoms with van der Waals surface area (Å²) in [7, 11) is 0. The van der Waals surface area contributed by atoms with Gasteiger partial charge in [0.1, 0.15) is 5.54 Å². The molecule has 0 aliphatic rings. The number of aliphatic carboxylic acids is 1. The zero-order chi connectivity index (χ0) is 16.2. The van der Waals surface area contributed by atoms with Gasteiger partial charge < -0.3 is 5.11 Å².